The summed E-state index contributed by atoms with van der Waals surface area (Å²) in [5.74, 6) is -4.80. The fraction of sp³-hybridized carbons (Fsp3) is 0.765. The molecule has 9 nitrogen and oxygen atoms in total. The van der Waals surface area contributed by atoms with Crippen LogP contribution in [0.4, 0.5) is 8.78 Å². The van der Waals surface area contributed by atoms with Crippen LogP contribution in [0.5, 0.6) is 0 Å². The molecular weight excluding hydrogens is 376 g/mol. The van der Waals surface area contributed by atoms with E-state index in [0.717, 1.165) is 19.5 Å². The van der Waals surface area contributed by atoms with Crippen LogP contribution >= 0.6 is 0 Å². The van der Waals surface area contributed by atoms with E-state index in [1.807, 2.05) is 13.1 Å². The van der Waals surface area contributed by atoms with Gasteiger partial charge in [-0.3, -0.25) is 4.79 Å². The van der Waals surface area contributed by atoms with Crippen LogP contribution in [0, 0.1) is 11.3 Å². The summed E-state index contributed by atoms with van der Waals surface area (Å²) in [4.78, 5) is 29.2. The Hall–Kier alpha value is -2.32. The van der Waals surface area contributed by atoms with Crippen molar-refractivity contribution in [2.45, 2.75) is 62.1 Å². The number of hydrogen-bond donors (Lipinski definition) is 2. The molecule has 2 atom stereocenters. The molecular formula is C17H24F2N5O4-. The molecule has 2 aliphatic heterocycles. The van der Waals surface area contributed by atoms with Crippen LogP contribution in [-0.4, -0.2) is 70.8 Å². The predicted molar refractivity (Wildman–Crippen MR) is 94.7 cm³/mol. The van der Waals surface area contributed by atoms with E-state index in [-0.39, 0.29) is 11.3 Å². The van der Waals surface area contributed by atoms with Crippen LogP contribution in [0.3, 0.4) is 0 Å². The molecule has 1 unspecified atom stereocenters. The number of likely N-dealkylation sites (N-methyl/N-ethyl adjacent to an activating group) is 1. The highest BCUT2D eigenvalue weighted by Gasteiger charge is 2.46. The first-order valence-electron chi connectivity index (χ1n) is 8.88. The highest BCUT2D eigenvalue weighted by atomic mass is 19.3. The van der Waals surface area contributed by atoms with Gasteiger partial charge in [0, 0.05) is 32.4 Å². The first-order chi connectivity index (χ1) is 12.9. The molecule has 3 rings (SSSR count). The third kappa shape index (κ3) is 5.84. The Labute approximate surface area is 161 Å². The third-order valence-electron chi connectivity index (χ3n) is 4.80. The fourth-order valence-corrected chi connectivity index (χ4v) is 3.06. The van der Waals surface area contributed by atoms with E-state index in [1.165, 1.54) is 0 Å². The summed E-state index contributed by atoms with van der Waals surface area (Å²) in [5.41, 5.74) is 6.13. The van der Waals surface area contributed by atoms with E-state index in [4.69, 9.17) is 20.9 Å². The summed E-state index contributed by atoms with van der Waals surface area (Å²) in [7, 11) is 2.00. The zero-order chi connectivity index (χ0) is 21.2. The van der Waals surface area contributed by atoms with Crippen LogP contribution in [0.2, 0.25) is 0 Å². The van der Waals surface area contributed by atoms with E-state index in [2.05, 4.69) is 15.4 Å². The van der Waals surface area contributed by atoms with Gasteiger partial charge in [0.25, 0.3) is 0 Å². The van der Waals surface area contributed by atoms with E-state index >= 15 is 0 Å². The van der Waals surface area contributed by atoms with Gasteiger partial charge in [-0.2, -0.15) is 5.26 Å². The number of amides is 1. The number of carbonyl (C=O) groups is 2. The molecule has 11 heteroatoms. The molecule has 1 saturated carbocycles. The standard InChI is InChI=1S/C9H12F2N3O.C8H12N2O3/c1-8(10,11)4-6(13)7(15)14-9(5-12)2-3-9;1-10-3-2-8(5-10)4-6(7(11)12)9-13-8/h6,13H,2-4H2,1H3,(H,14,15);2-5H2,1H3,(H,11,12)/q-1;/t6-;/m0./s1. The lowest BCUT2D eigenvalue weighted by atomic mass is 9.97. The number of nitrogens with one attached hydrogen (secondary N) is 2. The number of aliphatic carboxylic acids is 1. The van der Waals surface area contributed by atoms with Gasteiger partial charge in [0.1, 0.15) is 5.54 Å². The SMILES string of the molecule is CC(F)(F)C[C@H]([NH-])C(=O)NC1(C#N)CC1.CN1CCC2(CC(C(=O)O)=NO2)C1. The zero-order valence-corrected chi connectivity index (χ0v) is 15.8. The molecule has 1 amide bonds. The quantitative estimate of drug-likeness (QED) is 0.718. The number of halogens is 2. The molecule has 0 aromatic carbocycles. The maximum atomic E-state index is 12.5. The number of likely N-dealkylation sites (tertiary alicyclic amines) is 1. The van der Waals surface area contributed by atoms with Crippen LogP contribution in [0.1, 0.15) is 39.0 Å². The van der Waals surface area contributed by atoms with Crippen molar-refractivity contribution in [1.82, 2.24) is 10.2 Å². The van der Waals surface area contributed by atoms with E-state index in [0.29, 0.717) is 26.2 Å². The van der Waals surface area contributed by atoms with Crippen LogP contribution in [0.15, 0.2) is 5.16 Å². The second-order valence-electron chi connectivity index (χ2n) is 7.79. The Morgan fingerprint density at radius 3 is 2.54 bits per heavy atom. The monoisotopic (exact) mass is 400 g/mol. The van der Waals surface area contributed by atoms with Crippen LogP contribution < -0.4 is 5.32 Å². The minimum absolute atomic E-state index is 0.148. The first-order valence-corrected chi connectivity index (χ1v) is 8.88. The summed E-state index contributed by atoms with van der Waals surface area (Å²) >= 11 is 0. The number of rotatable bonds is 5. The molecule has 2 heterocycles. The second-order valence-corrected chi connectivity index (χ2v) is 7.79. The van der Waals surface area contributed by atoms with Crippen molar-refractivity contribution in [3.63, 3.8) is 0 Å². The number of hydrogen-bond acceptors (Lipinski definition) is 6. The summed E-state index contributed by atoms with van der Waals surface area (Å²) in [5, 5.41) is 23.3. The Balaban J connectivity index is 0.000000202. The van der Waals surface area contributed by atoms with Crippen LogP contribution in [0.25, 0.3) is 5.73 Å². The number of alkyl halides is 2. The molecule has 0 bridgehead atoms. The molecule has 0 radical (unpaired) electrons. The molecule has 156 valence electrons. The first kappa shape index (κ1) is 22.0. The minimum atomic E-state index is -3.03. The molecule has 3 aliphatic rings. The summed E-state index contributed by atoms with van der Waals surface area (Å²) in [6, 6.07) is 0.380. The van der Waals surface area contributed by atoms with Gasteiger partial charge in [-0.25, -0.2) is 13.6 Å². The van der Waals surface area contributed by atoms with Crippen molar-refractivity contribution >= 4 is 17.6 Å². The Morgan fingerprint density at radius 1 is 1.50 bits per heavy atom. The number of carboxylic acids is 1. The molecule has 1 spiro atoms. The summed E-state index contributed by atoms with van der Waals surface area (Å²) in [6.07, 6.45) is 1.55. The Kier molecular flexibility index (Phi) is 6.25. The number of oxime groups is 1. The van der Waals surface area contributed by atoms with Gasteiger partial charge < -0.3 is 25.9 Å². The molecule has 0 aromatic rings. The summed E-state index contributed by atoms with van der Waals surface area (Å²) < 4.78 is 25.0. The van der Waals surface area contributed by atoms with Gasteiger partial charge in [-0.05, 0) is 26.8 Å². The third-order valence-corrected chi connectivity index (χ3v) is 4.80. The average Bonchev–Trinajstić information content (AvgIpc) is 3.07. The van der Waals surface area contributed by atoms with E-state index < -0.39 is 35.8 Å². The number of carboxylic acid groups (broad SMARTS) is 1. The van der Waals surface area contributed by atoms with E-state index in [9.17, 15) is 18.4 Å². The average molecular weight is 400 g/mol. The van der Waals surface area contributed by atoms with Crippen molar-refractivity contribution in [2.75, 3.05) is 20.1 Å². The lowest BCUT2D eigenvalue weighted by Gasteiger charge is -2.24. The minimum Gasteiger partial charge on any atom is -0.667 e. The molecule has 1 saturated heterocycles. The van der Waals surface area contributed by atoms with Crippen LogP contribution in [-0.2, 0) is 14.4 Å². The van der Waals surface area contributed by atoms with Crippen molar-refractivity contribution in [1.29, 1.82) is 5.26 Å². The molecule has 0 aromatic heterocycles. The number of nitrogens with zero attached hydrogens (tertiary/aromatic N) is 3. The summed E-state index contributed by atoms with van der Waals surface area (Å²) in [6.45, 7) is 2.38. The topological polar surface area (TPSA) is 139 Å². The molecule has 1 aliphatic carbocycles. The second kappa shape index (κ2) is 7.97. The molecule has 2 fully saturated rings. The van der Waals surface area contributed by atoms with E-state index in [1.54, 1.807) is 0 Å². The highest BCUT2D eigenvalue weighted by molar-refractivity contribution is 6.36. The lowest BCUT2D eigenvalue weighted by molar-refractivity contribution is -0.129. The lowest BCUT2D eigenvalue weighted by Crippen LogP contribution is -2.42. The normalized spacial score (nSPS) is 26.4. The van der Waals surface area contributed by atoms with Crippen molar-refractivity contribution in [2.24, 2.45) is 5.16 Å². The number of nitriles is 1. The Bertz CT molecular complexity index is 699. The molecule has 28 heavy (non-hydrogen) atoms. The van der Waals surface area contributed by atoms with Gasteiger partial charge in [0.2, 0.25) is 11.8 Å². The maximum absolute atomic E-state index is 12.5. The maximum Gasteiger partial charge on any atom is 0.353 e. The van der Waals surface area contributed by atoms with Crippen molar-refractivity contribution < 1.29 is 28.3 Å². The zero-order valence-electron chi connectivity index (χ0n) is 15.8. The highest BCUT2D eigenvalue weighted by Crippen LogP contribution is 2.35. The van der Waals surface area contributed by atoms with Gasteiger partial charge in [0.05, 0.1) is 6.07 Å². The van der Waals surface area contributed by atoms with Crippen molar-refractivity contribution in [3.05, 3.63) is 5.73 Å². The Morgan fingerprint density at radius 2 is 2.14 bits per heavy atom. The molecule has 3 N–H and O–H groups in total. The van der Waals surface area contributed by atoms with Gasteiger partial charge in [-0.1, -0.05) is 11.2 Å². The predicted octanol–water partition coefficient (Wildman–Crippen LogP) is 1.55. The fourth-order valence-electron chi connectivity index (χ4n) is 3.06. The van der Waals surface area contributed by atoms with Gasteiger partial charge in [-0.15, -0.1) is 0 Å². The van der Waals surface area contributed by atoms with Gasteiger partial charge in [0.15, 0.2) is 11.3 Å². The van der Waals surface area contributed by atoms with Crippen molar-refractivity contribution in [3.8, 4) is 6.07 Å². The van der Waals surface area contributed by atoms with Gasteiger partial charge >= 0.3 is 5.97 Å². The number of carbonyl (C=O) groups excluding carboxylic acids is 1. The smallest absolute Gasteiger partial charge is 0.353 e. The largest absolute Gasteiger partial charge is 0.667 e.